The van der Waals surface area contributed by atoms with E-state index < -0.39 is 0 Å². The predicted octanol–water partition coefficient (Wildman–Crippen LogP) is 16.2. The molecule has 0 amide bonds. The molecule has 6 aromatic rings. The Morgan fingerprint density at radius 3 is 1.23 bits per heavy atom. The number of fused-ring (bicyclic) bond motifs is 2. The van der Waals surface area contributed by atoms with Gasteiger partial charge < -0.3 is 14.9 Å². The number of benzene rings is 4. The van der Waals surface area contributed by atoms with Crippen molar-refractivity contribution in [3.63, 3.8) is 0 Å². The minimum atomic E-state index is 0. The molecule has 0 heterocycles. The number of halogens is 2. The van der Waals surface area contributed by atoms with Crippen molar-refractivity contribution in [1.82, 2.24) is 0 Å². The predicted molar refractivity (Wildman–Crippen MR) is 262 cm³/mol. The third kappa shape index (κ3) is 8.57. The molecule has 0 unspecified atom stereocenters. The Kier molecular flexibility index (Phi) is 14.9. The van der Waals surface area contributed by atoms with Crippen LogP contribution in [0.1, 0.15) is 119 Å². The first kappa shape index (κ1) is 47.3. The Morgan fingerprint density at radius 2 is 0.867 bits per heavy atom. The summed E-state index contributed by atoms with van der Waals surface area (Å²) in [6, 6.07) is 42.4. The summed E-state index contributed by atoms with van der Waals surface area (Å²) >= 11 is 1.36. The van der Waals surface area contributed by atoms with Gasteiger partial charge in [0, 0.05) is 0 Å². The van der Waals surface area contributed by atoms with Crippen LogP contribution in [0.5, 0.6) is 0 Å². The van der Waals surface area contributed by atoms with Crippen molar-refractivity contribution in [3.8, 4) is 22.3 Å². The van der Waals surface area contributed by atoms with Crippen LogP contribution in [0.15, 0.2) is 109 Å². The van der Waals surface area contributed by atoms with E-state index in [0.29, 0.717) is 16.7 Å². The molecule has 0 aromatic heterocycles. The van der Waals surface area contributed by atoms with Crippen LogP contribution in [-0.4, -0.2) is 6.88 Å². The molecule has 8 bridgehead atoms. The number of hydrogen-bond donors (Lipinski definition) is 0. The van der Waals surface area contributed by atoms with Gasteiger partial charge in [-0.3, -0.25) is 0 Å². The maximum atomic E-state index is 3.06. The summed E-state index contributed by atoms with van der Waals surface area (Å²) in [7, 11) is 0. The summed E-state index contributed by atoms with van der Waals surface area (Å²) in [4.78, 5) is 0. The van der Waals surface area contributed by atoms with Gasteiger partial charge in [0.2, 0.25) is 0 Å². The van der Waals surface area contributed by atoms with Crippen molar-refractivity contribution in [3.05, 3.63) is 146 Å². The quantitative estimate of drug-likeness (QED) is 0.119. The molecule has 8 saturated carbocycles. The summed E-state index contributed by atoms with van der Waals surface area (Å²) in [6.45, 7) is 9.83. The molecule has 0 atom stereocenters. The third-order valence-electron chi connectivity index (χ3n) is 16.0. The second kappa shape index (κ2) is 18.9. The molecule has 8 fully saturated rings. The van der Waals surface area contributed by atoms with Gasteiger partial charge in [0.05, 0.1) is 0 Å². The second-order valence-corrected chi connectivity index (χ2v) is 20.1. The van der Waals surface area contributed by atoms with E-state index in [0.717, 1.165) is 35.5 Å². The van der Waals surface area contributed by atoms with E-state index in [-0.39, 0.29) is 39.7 Å². The van der Waals surface area contributed by atoms with E-state index in [1.807, 2.05) is 0 Å². The van der Waals surface area contributed by atoms with Crippen LogP contribution in [-0.2, 0) is 34.2 Å². The standard InChI is InChI=1S/C28H31.C26H27.2CH3.2ClH.Si.Zr/c1-18(2)24-13-23-4-3-5-26(27(23)14-24)22-6-8-25(9-7-22)28-15-19-10-20(16-28)12-21(11-19)17-28;1-17-9-22-3-2-4-24(25(22)10-17)21-5-7-23(8-6-21)26-14-18-11-19(15-26)13-20(12-18)16-26;;;;;;/h3-9,13-14,18-21H,10-12,15-17H2,1-2H3;2-10,18-20H,11-16H2,1H3;2*1H3;2*1H;;/q4*-1;;;;. The molecule has 0 spiro atoms. The molecule has 0 nitrogen and oxygen atoms in total. The molecular formula is C56H66Cl2SiZr-4. The fourth-order valence-electron chi connectivity index (χ4n) is 14.4. The van der Waals surface area contributed by atoms with Crippen LogP contribution in [0.2, 0.25) is 0 Å². The number of rotatable bonds is 5. The molecular weight excluding hydrogens is 863 g/mol. The number of hydrogen-bond acceptors (Lipinski definition) is 0. The Labute approximate surface area is 392 Å². The van der Waals surface area contributed by atoms with Crippen molar-refractivity contribution < 1.29 is 23.3 Å². The molecule has 2 radical (unpaired) electrons. The zero-order chi connectivity index (χ0) is 38.2. The summed E-state index contributed by atoms with van der Waals surface area (Å²) in [6.07, 6.45) is 17.9. The van der Waals surface area contributed by atoms with Crippen molar-refractivity contribution in [2.75, 3.05) is 0 Å². The van der Waals surface area contributed by atoms with Crippen LogP contribution in [0.4, 0.5) is 0 Å². The Balaban J connectivity index is 0.000000182. The van der Waals surface area contributed by atoms with Crippen LogP contribution < -0.4 is 0 Å². The topological polar surface area (TPSA) is 0 Å². The first-order valence-corrected chi connectivity index (χ1v) is 26.3. The first-order valence-electron chi connectivity index (χ1n) is 22.1. The van der Waals surface area contributed by atoms with Gasteiger partial charge >= 0.3 is 30.2 Å². The fourth-order valence-corrected chi connectivity index (χ4v) is 14.4. The zero-order valence-electron chi connectivity index (χ0n) is 36.7. The zero-order valence-corrected chi connectivity index (χ0v) is 41.8. The van der Waals surface area contributed by atoms with E-state index in [2.05, 4.69) is 137 Å². The van der Waals surface area contributed by atoms with E-state index in [1.165, 1.54) is 155 Å². The molecule has 60 heavy (non-hydrogen) atoms. The molecule has 14 rings (SSSR count). The maximum absolute atomic E-state index is 3.06. The summed E-state index contributed by atoms with van der Waals surface area (Å²) < 4.78 is 0. The first-order chi connectivity index (χ1) is 27.3. The van der Waals surface area contributed by atoms with E-state index >= 15 is 0 Å². The monoisotopic (exact) mass is 926 g/mol. The Bertz CT molecular complexity index is 2290. The van der Waals surface area contributed by atoms with Crippen LogP contribution in [0, 0.1) is 57.3 Å². The van der Waals surface area contributed by atoms with Crippen molar-refractivity contribution in [1.29, 1.82) is 0 Å². The van der Waals surface area contributed by atoms with Gasteiger partial charge in [-0.25, -0.2) is 0 Å². The number of aryl methyl sites for hydroxylation is 1. The van der Waals surface area contributed by atoms with E-state index in [1.54, 1.807) is 11.1 Å². The normalized spacial score (nSPS) is 28.6. The van der Waals surface area contributed by atoms with Crippen LogP contribution in [0.3, 0.4) is 0 Å². The van der Waals surface area contributed by atoms with Gasteiger partial charge in [-0.05, 0) is 152 Å². The average molecular weight is 929 g/mol. The molecule has 4 heteroatoms. The third-order valence-corrected chi connectivity index (χ3v) is 16.0. The molecule has 8 aliphatic carbocycles. The Hall–Kier alpha value is -2.22. The molecule has 0 aliphatic heterocycles. The molecule has 0 saturated heterocycles. The minimum absolute atomic E-state index is 0. The fraction of sp³-hybridized carbons (Fsp3) is 0.429. The molecule has 316 valence electrons. The van der Waals surface area contributed by atoms with Gasteiger partial charge in [0.1, 0.15) is 0 Å². The average Bonchev–Trinajstić information content (AvgIpc) is 3.82. The SMILES string of the molecule is CC(C)c1cc2c(-c3ccc(C45CC6CC(CC(C6)C4)C5)cc3)cccc2[cH-]1.Cc1cc2c(-c3ccc(C45CC6CC(CC(C6)C4)C5)cc3)cccc2[cH-]1.Cl.Cl.[CH3-].[CH3-].[Si]=[Zr]. The summed E-state index contributed by atoms with van der Waals surface area (Å²) in [5.41, 5.74) is 12.6. The second-order valence-electron chi connectivity index (χ2n) is 20.1. The van der Waals surface area contributed by atoms with E-state index in [4.69, 9.17) is 0 Å². The van der Waals surface area contributed by atoms with Gasteiger partial charge in [-0.15, -0.1) is 93.9 Å². The van der Waals surface area contributed by atoms with Gasteiger partial charge in [-0.2, -0.15) is 12.1 Å². The molecule has 6 aromatic carbocycles. The van der Waals surface area contributed by atoms with Crippen molar-refractivity contribution >= 4 is 53.2 Å². The van der Waals surface area contributed by atoms with Gasteiger partial charge in [-0.1, -0.05) is 92.6 Å². The van der Waals surface area contributed by atoms with Crippen molar-refractivity contribution in [2.24, 2.45) is 35.5 Å². The van der Waals surface area contributed by atoms with Gasteiger partial charge in [0.15, 0.2) is 0 Å². The van der Waals surface area contributed by atoms with E-state index in [9.17, 15) is 0 Å². The molecule has 0 N–H and O–H groups in total. The Morgan fingerprint density at radius 1 is 0.517 bits per heavy atom. The summed E-state index contributed by atoms with van der Waals surface area (Å²) in [5, 5.41) is 5.55. The molecule has 8 aliphatic rings. The summed E-state index contributed by atoms with van der Waals surface area (Å²) in [5.74, 6) is 6.67. The van der Waals surface area contributed by atoms with Crippen molar-refractivity contribution in [2.45, 2.75) is 115 Å². The van der Waals surface area contributed by atoms with Gasteiger partial charge in [0.25, 0.3) is 0 Å². The van der Waals surface area contributed by atoms with Crippen LogP contribution in [0.25, 0.3) is 43.8 Å². The van der Waals surface area contributed by atoms with Crippen LogP contribution >= 0.6 is 24.8 Å².